The van der Waals surface area contributed by atoms with Gasteiger partial charge in [-0.2, -0.15) is 10.2 Å². The van der Waals surface area contributed by atoms with Crippen molar-refractivity contribution in [2.45, 2.75) is 33.6 Å². The smallest absolute Gasteiger partial charge is 0.227 e. The molecule has 3 aromatic heterocycles. The summed E-state index contributed by atoms with van der Waals surface area (Å²) in [6.07, 6.45) is 4.58. The molecule has 0 saturated carbocycles. The number of nitrogens with zero attached hydrogens (tertiary/aromatic N) is 6. The van der Waals surface area contributed by atoms with Crippen LogP contribution in [0.4, 0.5) is 5.69 Å². The molecule has 0 aliphatic carbocycles. The summed E-state index contributed by atoms with van der Waals surface area (Å²) in [5, 5.41) is 8.58. The highest BCUT2D eigenvalue weighted by Crippen LogP contribution is 2.18. The molecule has 0 aliphatic rings. The first-order valence-electron chi connectivity index (χ1n) is 7.94. The van der Waals surface area contributed by atoms with E-state index < -0.39 is 0 Å². The summed E-state index contributed by atoms with van der Waals surface area (Å²) in [6.45, 7) is 5.97. The van der Waals surface area contributed by atoms with Crippen molar-refractivity contribution >= 4 is 17.2 Å². The largest absolute Gasteiger partial charge is 0.313 e. The molecule has 0 radical (unpaired) electrons. The number of rotatable bonds is 4. The third kappa shape index (κ3) is 2.89. The van der Waals surface area contributed by atoms with E-state index in [0.717, 1.165) is 34.0 Å². The van der Waals surface area contributed by atoms with Gasteiger partial charge in [-0.1, -0.05) is 0 Å². The molecule has 0 unspecified atom stereocenters. The van der Waals surface area contributed by atoms with Crippen molar-refractivity contribution in [2.75, 3.05) is 11.9 Å². The Morgan fingerprint density at radius 3 is 2.71 bits per heavy atom. The zero-order valence-electron chi connectivity index (χ0n) is 14.7. The van der Waals surface area contributed by atoms with Crippen molar-refractivity contribution < 1.29 is 4.79 Å². The molecule has 3 aromatic rings. The molecule has 3 heterocycles. The van der Waals surface area contributed by atoms with Crippen LogP contribution in [0.15, 0.2) is 18.5 Å². The maximum absolute atomic E-state index is 12.5. The quantitative estimate of drug-likeness (QED) is 0.735. The summed E-state index contributed by atoms with van der Waals surface area (Å²) in [7, 11) is 3.61. The number of carbonyl (C=O) groups is 1. The van der Waals surface area contributed by atoms with E-state index in [1.165, 1.54) is 0 Å². The summed E-state index contributed by atoms with van der Waals surface area (Å²) < 4.78 is 3.54. The number of carbonyl (C=O) groups excluding carboxylic acids is 1. The Balaban J connectivity index is 1.79. The molecule has 7 nitrogen and oxygen atoms in total. The van der Waals surface area contributed by atoms with Gasteiger partial charge in [0.25, 0.3) is 0 Å². The summed E-state index contributed by atoms with van der Waals surface area (Å²) in [5.41, 5.74) is 5.67. The minimum atomic E-state index is 0.0542. The predicted molar refractivity (Wildman–Crippen MR) is 92.1 cm³/mol. The minimum absolute atomic E-state index is 0.0542. The molecule has 0 saturated heterocycles. The third-order valence-corrected chi connectivity index (χ3v) is 4.33. The van der Waals surface area contributed by atoms with E-state index in [1.54, 1.807) is 22.8 Å². The average Bonchev–Trinajstić information content (AvgIpc) is 3.11. The Bertz CT molecular complexity index is 907. The van der Waals surface area contributed by atoms with E-state index in [2.05, 4.69) is 15.2 Å². The van der Waals surface area contributed by atoms with Crippen LogP contribution in [0.2, 0.25) is 0 Å². The van der Waals surface area contributed by atoms with Crippen molar-refractivity contribution in [1.82, 2.24) is 24.4 Å². The number of aryl methyl sites for hydroxylation is 4. The maximum Gasteiger partial charge on any atom is 0.227 e. The van der Waals surface area contributed by atoms with Gasteiger partial charge >= 0.3 is 0 Å². The van der Waals surface area contributed by atoms with Crippen LogP contribution in [0.5, 0.6) is 0 Å². The summed E-state index contributed by atoms with van der Waals surface area (Å²) in [4.78, 5) is 18.7. The van der Waals surface area contributed by atoms with E-state index in [9.17, 15) is 4.79 Å². The number of hydrogen-bond donors (Lipinski definition) is 0. The Kier molecular flexibility index (Phi) is 4.09. The molecule has 0 spiro atoms. The fraction of sp³-hybridized carbons (Fsp3) is 0.412. The predicted octanol–water partition coefficient (Wildman–Crippen LogP) is 1.98. The van der Waals surface area contributed by atoms with Crippen LogP contribution in [-0.2, 0) is 18.3 Å². The molecule has 24 heavy (non-hydrogen) atoms. The zero-order valence-corrected chi connectivity index (χ0v) is 14.7. The van der Waals surface area contributed by atoms with Crippen molar-refractivity contribution in [3.05, 3.63) is 41.1 Å². The highest BCUT2D eigenvalue weighted by molar-refractivity contribution is 5.92. The molecule has 0 aromatic carbocycles. The van der Waals surface area contributed by atoms with Crippen molar-refractivity contribution in [2.24, 2.45) is 7.05 Å². The van der Waals surface area contributed by atoms with E-state index in [1.807, 2.05) is 44.6 Å². The number of amides is 1. The van der Waals surface area contributed by atoms with Gasteiger partial charge in [0.05, 0.1) is 17.6 Å². The highest BCUT2D eigenvalue weighted by Gasteiger charge is 2.16. The molecule has 0 N–H and O–H groups in total. The van der Waals surface area contributed by atoms with Crippen molar-refractivity contribution in [3.63, 3.8) is 0 Å². The van der Waals surface area contributed by atoms with Gasteiger partial charge in [-0.05, 0) is 32.8 Å². The monoisotopic (exact) mass is 326 g/mol. The second-order valence-corrected chi connectivity index (χ2v) is 6.14. The van der Waals surface area contributed by atoms with E-state index in [4.69, 9.17) is 0 Å². The standard InChI is InChI=1S/C17H22N6O/c1-11-8-16-19-12(2)15(13(3)23(16)20-11)6-7-17(24)22(5)14-9-18-21(4)10-14/h8-10H,6-7H2,1-5H3. The fourth-order valence-corrected chi connectivity index (χ4v) is 2.93. The number of aromatic nitrogens is 5. The molecule has 1 amide bonds. The van der Waals surface area contributed by atoms with Gasteiger partial charge < -0.3 is 4.90 Å². The van der Waals surface area contributed by atoms with Gasteiger partial charge in [0, 0.05) is 44.2 Å². The fourth-order valence-electron chi connectivity index (χ4n) is 2.93. The molecule has 3 rings (SSSR count). The van der Waals surface area contributed by atoms with Crippen LogP contribution in [0.1, 0.15) is 29.1 Å². The molecule has 126 valence electrons. The third-order valence-electron chi connectivity index (χ3n) is 4.33. The van der Waals surface area contributed by atoms with Crippen LogP contribution >= 0.6 is 0 Å². The Morgan fingerprint density at radius 1 is 1.29 bits per heavy atom. The lowest BCUT2D eigenvalue weighted by atomic mass is 10.1. The second-order valence-electron chi connectivity index (χ2n) is 6.14. The second kappa shape index (κ2) is 6.07. The number of anilines is 1. The Hall–Kier alpha value is -2.70. The van der Waals surface area contributed by atoms with Crippen LogP contribution in [0, 0.1) is 20.8 Å². The van der Waals surface area contributed by atoms with Gasteiger partial charge in [-0.25, -0.2) is 9.50 Å². The van der Waals surface area contributed by atoms with Crippen LogP contribution in [0.3, 0.4) is 0 Å². The Labute approximate surface area is 140 Å². The number of hydrogen-bond acceptors (Lipinski definition) is 4. The molecule has 0 atom stereocenters. The zero-order chi connectivity index (χ0) is 17.4. The lowest BCUT2D eigenvalue weighted by Crippen LogP contribution is -2.26. The normalized spacial score (nSPS) is 11.2. The van der Waals surface area contributed by atoms with Crippen molar-refractivity contribution in [3.8, 4) is 0 Å². The SMILES string of the molecule is Cc1cc2nc(C)c(CCC(=O)N(C)c3cnn(C)c3)c(C)n2n1. The first kappa shape index (κ1) is 16.2. The summed E-state index contributed by atoms with van der Waals surface area (Å²) in [6, 6.07) is 1.96. The van der Waals surface area contributed by atoms with Gasteiger partial charge in [0.1, 0.15) is 0 Å². The Morgan fingerprint density at radius 2 is 2.04 bits per heavy atom. The van der Waals surface area contributed by atoms with Crippen molar-refractivity contribution in [1.29, 1.82) is 0 Å². The molecular formula is C17H22N6O. The molecule has 0 bridgehead atoms. The average molecular weight is 326 g/mol. The number of fused-ring (bicyclic) bond motifs is 1. The first-order chi connectivity index (χ1) is 11.4. The van der Waals surface area contributed by atoms with E-state index in [-0.39, 0.29) is 5.91 Å². The van der Waals surface area contributed by atoms with E-state index >= 15 is 0 Å². The first-order valence-corrected chi connectivity index (χ1v) is 7.94. The summed E-state index contributed by atoms with van der Waals surface area (Å²) in [5.74, 6) is 0.0542. The molecular weight excluding hydrogens is 304 g/mol. The molecule has 7 heteroatoms. The molecule has 0 aliphatic heterocycles. The van der Waals surface area contributed by atoms with Gasteiger partial charge in [-0.15, -0.1) is 0 Å². The molecule has 0 fully saturated rings. The van der Waals surface area contributed by atoms with Crippen LogP contribution < -0.4 is 4.90 Å². The topological polar surface area (TPSA) is 68.3 Å². The lowest BCUT2D eigenvalue weighted by Gasteiger charge is -2.16. The minimum Gasteiger partial charge on any atom is -0.313 e. The van der Waals surface area contributed by atoms with Crippen LogP contribution in [-0.4, -0.2) is 37.3 Å². The van der Waals surface area contributed by atoms with Gasteiger partial charge in [-0.3, -0.25) is 9.48 Å². The van der Waals surface area contributed by atoms with E-state index in [0.29, 0.717) is 12.8 Å². The highest BCUT2D eigenvalue weighted by atomic mass is 16.2. The van der Waals surface area contributed by atoms with Crippen LogP contribution in [0.25, 0.3) is 5.65 Å². The maximum atomic E-state index is 12.5. The van der Waals surface area contributed by atoms with Gasteiger partial charge in [0.2, 0.25) is 5.91 Å². The van der Waals surface area contributed by atoms with Gasteiger partial charge in [0.15, 0.2) is 5.65 Å². The summed E-state index contributed by atoms with van der Waals surface area (Å²) >= 11 is 0. The lowest BCUT2D eigenvalue weighted by molar-refractivity contribution is -0.118.